The summed E-state index contributed by atoms with van der Waals surface area (Å²) in [5, 5.41) is 21.2. The second-order valence-electron chi connectivity index (χ2n) is 29.7. The predicted molar refractivity (Wildman–Crippen MR) is 507 cm³/mol. The van der Waals surface area contributed by atoms with Gasteiger partial charge in [-0.2, -0.15) is 0 Å². The van der Waals surface area contributed by atoms with Crippen LogP contribution in [-0.2, 0) is 0 Å². The lowest BCUT2D eigenvalue weighted by Gasteiger charge is -2.35. The largest absolute Gasteiger partial charge is 0.310 e. The van der Waals surface area contributed by atoms with Gasteiger partial charge in [-0.3, -0.25) is 0 Å². The number of anilines is 6. The van der Waals surface area contributed by atoms with E-state index in [4.69, 9.17) is 0 Å². The van der Waals surface area contributed by atoms with Crippen LogP contribution in [0.3, 0.4) is 0 Å². The molecule has 0 radical (unpaired) electrons. The fourth-order valence-electron chi connectivity index (χ4n) is 17.9. The summed E-state index contributed by atoms with van der Waals surface area (Å²) in [6, 6.07) is 175. The van der Waals surface area contributed by atoms with E-state index in [0.29, 0.717) is 0 Å². The maximum atomic E-state index is 2.47. The highest BCUT2D eigenvalue weighted by Crippen LogP contribution is 2.49. The zero-order valence-electron chi connectivity index (χ0n) is 63.7. The minimum atomic E-state index is -2.72. The van der Waals surface area contributed by atoms with E-state index in [9.17, 15) is 0 Å². The van der Waals surface area contributed by atoms with Crippen molar-refractivity contribution in [3.8, 4) is 33.4 Å². The second-order valence-corrected chi connectivity index (χ2v) is 39.4. The molecular weight excluding hydrogens is 1470 g/mol. The van der Waals surface area contributed by atoms with E-state index in [-0.39, 0.29) is 0 Å². The van der Waals surface area contributed by atoms with E-state index in [1.807, 2.05) is 22.7 Å². The average molecular weight is 1550 g/mol. The van der Waals surface area contributed by atoms with Gasteiger partial charge in [0.1, 0.15) is 0 Å². The number of thiophene rings is 2. The lowest BCUT2D eigenvalue weighted by atomic mass is 10.0. The van der Waals surface area contributed by atoms with Gasteiger partial charge in [-0.05, 0) is 169 Å². The molecule has 0 amide bonds. The van der Waals surface area contributed by atoms with Gasteiger partial charge < -0.3 is 9.80 Å². The smallest absolute Gasteiger partial charge is 0.179 e. The van der Waals surface area contributed by atoms with Crippen molar-refractivity contribution in [3.05, 3.63) is 473 Å². The molecule has 0 spiro atoms. The third-order valence-electron chi connectivity index (χ3n) is 23.2. The molecule has 2 aromatic heterocycles. The van der Waals surface area contributed by atoms with Crippen molar-refractivity contribution in [3.63, 3.8) is 0 Å². The summed E-state index contributed by atoms with van der Waals surface area (Å²) in [5.74, 6) is 0. The molecular formula is C110H78N2S2Si2. The van der Waals surface area contributed by atoms with E-state index in [2.05, 4.69) is 483 Å². The lowest BCUT2D eigenvalue weighted by molar-refractivity contribution is 1.30. The third kappa shape index (κ3) is 12.9. The van der Waals surface area contributed by atoms with Crippen molar-refractivity contribution in [2.24, 2.45) is 0 Å². The standard InChI is InChI=1S/C58H41NSSi.C52H37NSSi/c1-5-18-42(19-6-1)43-34-37-47(38-35-43)59(55-32-17-33-56-57(55)54-39-36-44-20-13-14-31-53(44)58(54)60-56)48-23-15-21-45(40-48)46-22-16-30-52(41-46)61(49-24-7-2-8-25-49,50-26-9-3-10-27-50)51-28-11-4-12-29-51;1-5-16-38(17-6-1)39-28-31-41(32-29-39)53(49-26-15-27-50-51(49)48-37-30-40-18-13-14-25-47(40)52(48)54-50)42-33-35-46(36-34-42)55(43-19-7-2-8-20-43,44-21-9-3-10-22-44)45-23-11-4-12-24-45/h1-41H;1-37H. The molecule has 0 saturated heterocycles. The van der Waals surface area contributed by atoms with E-state index < -0.39 is 16.1 Å². The highest BCUT2D eigenvalue weighted by molar-refractivity contribution is 7.27. The van der Waals surface area contributed by atoms with Crippen LogP contribution >= 0.6 is 22.7 Å². The first-order valence-electron chi connectivity index (χ1n) is 39.8. The molecule has 116 heavy (non-hydrogen) atoms. The summed E-state index contributed by atoms with van der Waals surface area (Å²) in [4.78, 5) is 4.92. The highest BCUT2D eigenvalue weighted by Gasteiger charge is 2.43. The Morgan fingerprint density at radius 1 is 0.172 bits per heavy atom. The molecule has 0 aliphatic rings. The van der Waals surface area contributed by atoms with E-state index in [1.165, 1.54) is 148 Å². The number of benzene rings is 19. The normalized spacial score (nSPS) is 11.6. The first kappa shape index (κ1) is 71.2. The minimum Gasteiger partial charge on any atom is -0.310 e. The SMILES string of the molecule is c1ccc(-c2ccc(N(c3ccc([Si](c4ccccc4)(c4ccccc4)c4ccccc4)cc3)c3cccc4sc5c6ccccc6ccc5c34)cc2)cc1.c1ccc(-c2ccc(N(c3cccc(-c4cccc([Si](c5ccccc5)(c5ccccc5)c5ccccc5)c4)c3)c3cccc4sc5c6ccccc6ccc5c34)cc2)cc1. The van der Waals surface area contributed by atoms with Gasteiger partial charge in [0.25, 0.3) is 0 Å². The summed E-state index contributed by atoms with van der Waals surface area (Å²) in [5.41, 5.74) is 14.0. The molecule has 2 nitrogen and oxygen atoms in total. The number of rotatable bonds is 17. The molecule has 0 atom stereocenters. The molecule has 548 valence electrons. The Bertz CT molecular complexity index is 6840. The van der Waals surface area contributed by atoms with Crippen LogP contribution in [0.25, 0.3) is 95.3 Å². The number of hydrogen-bond donors (Lipinski definition) is 0. The average Bonchev–Trinajstić information content (AvgIpc) is 1.40. The first-order chi connectivity index (χ1) is 57.5. The third-order valence-corrected chi connectivity index (χ3v) is 35.2. The molecule has 21 aromatic rings. The quantitative estimate of drug-likeness (QED) is 0.0662. The van der Waals surface area contributed by atoms with Crippen LogP contribution in [0, 0.1) is 0 Å². The van der Waals surface area contributed by atoms with Crippen molar-refractivity contribution < 1.29 is 0 Å². The monoisotopic (exact) mass is 1550 g/mol. The van der Waals surface area contributed by atoms with Gasteiger partial charge in [0.15, 0.2) is 16.1 Å². The zero-order valence-corrected chi connectivity index (χ0v) is 67.4. The minimum absolute atomic E-state index is 1.11. The summed E-state index contributed by atoms with van der Waals surface area (Å²) in [6.45, 7) is 0. The van der Waals surface area contributed by atoms with Gasteiger partial charge in [0, 0.05) is 63.1 Å². The second kappa shape index (κ2) is 31.3. The van der Waals surface area contributed by atoms with Gasteiger partial charge in [0.2, 0.25) is 0 Å². The Morgan fingerprint density at radius 3 is 0.853 bits per heavy atom. The molecule has 0 N–H and O–H groups in total. The maximum absolute atomic E-state index is 2.72. The zero-order chi connectivity index (χ0) is 77.2. The number of nitrogens with zero attached hydrogens (tertiary/aromatic N) is 2. The van der Waals surface area contributed by atoms with E-state index in [1.54, 1.807) is 0 Å². The number of hydrogen-bond acceptors (Lipinski definition) is 4. The van der Waals surface area contributed by atoms with E-state index in [0.717, 1.165) is 22.7 Å². The van der Waals surface area contributed by atoms with E-state index >= 15 is 0 Å². The topological polar surface area (TPSA) is 6.48 Å². The van der Waals surface area contributed by atoms with Crippen molar-refractivity contribution in [2.45, 2.75) is 0 Å². The number of fused-ring (bicyclic) bond motifs is 10. The highest BCUT2D eigenvalue weighted by atomic mass is 32.1. The van der Waals surface area contributed by atoms with Crippen LogP contribution < -0.4 is 51.3 Å². The summed E-state index contributed by atoms with van der Waals surface area (Å²) in [6.07, 6.45) is 0. The van der Waals surface area contributed by atoms with Crippen LogP contribution in [0.15, 0.2) is 473 Å². The first-order valence-corrected chi connectivity index (χ1v) is 45.4. The van der Waals surface area contributed by atoms with Gasteiger partial charge in [-0.15, -0.1) is 22.7 Å². The fraction of sp³-hybridized carbons (Fsp3) is 0. The van der Waals surface area contributed by atoms with Crippen LogP contribution in [0.1, 0.15) is 0 Å². The van der Waals surface area contributed by atoms with Gasteiger partial charge in [0.05, 0.1) is 11.4 Å². The fourth-order valence-corrected chi connectivity index (χ4v) is 30.0. The molecule has 21 rings (SSSR count). The van der Waals surface area contributed by atoms with Crippen LogP contribution in [0.5, 0.6) is 0 Å². The van der Waals surface area contributed by atoms with Crippen LogP contribution in [-0.4, -0.2) is 16.1 Å². The Kier molecular flexibility index (Phi) is 19.2. The maximum Gasteiger partial charge on any atom is 0.179 e. The molecule has 0 aliphatic heterocycles. The molecule has 6 heteroatoms. The van der Waals surface area contributed by atoms with Crippen LogP contribution in [0.4, 0.5) is 34.1 Å². The molecule has 0 aliphatic carbocycles. The summed E-state index contributed by atoms with van der Waals surface area (Å²) < 4.78 is 5.23. The molecule has 0 bridgehead atoms. The molecule has 0 fully saturated rings. The molecule has 2 heterocycles. The van der Waals surface area contributed by atoms with Crippen molar-refractivity contribution in [2.75, 3.05) is 9.80 Å². The molecule has 0 unspecified atom stereocenters. The van der Waals surface area contributed by atoms with Crippen molar-refractivity contribution in [1.29, 1.82) is 0 Å². The summed E-state index contributed by atoms with van der Waals surface area (Å²) in [7, 11) is -5.39. The molecule has 19 aromatic carbocycles. The predicted octanol–water partition coefficient (Wildman–Crippen LogP) is 25.1. The van der Waals surface area contributed by atoms with Crippen molar-refractivity contribution >= 4 is 176 Å². The van der Waals surface area contributed by atoms with Gasteiger partial charge in [-0.1, -0.05) is 400 Å². The van der Waals surface area contributed by atoms with Gasteiger partial charge >= 0.3 is 0 Å². The Balaban J connectivity index is 0.000000150. The Hall–Kier alpha value is -13.8. The van der Waals surface area contributed by atoms with Crippen molar-refractivity contribution in [1.82, 2.24) is 0 Å². The van der Waals surface area contributed by atoms with Gasteiger partial charge in [-0.25, -0.2) is 0 Å². The molecule has 0 saturated carbocycles. The Morgan fingerprint density at radius 2 is 0.457 bits per heavy atom. The summed E-state index contributed by atoms with van der Waals surface area (Å²) >= 11 is 3.78. The lowest BCUT2D eigenvalue weighted by Crippen LogP contribution is -2.74. The Labute approximate surface area is 687 Å². The van der Waals surface area contributed by atoms with Crippen LogP contribution in [0.2, 0.25) is 0 Å².